The molecular weight excluding hydrogens is 244 g/mol. The van der Waals surface area contributed by atoms with E-state index in [4.69, 9.17) is 5.11 Å². The molecule has 0 radical (unpaired) electrons. The lowest BCUT2D eigenvalue weighted by Gasteiger charge is -2.17. The van der Waals surface area contributed by atoms with Gasteiger partial charge in [0.25, 0.3) is 0 Å². The summed E-state index contributed by atoms with van der Waals surface area (Å²) in [5.41, 5.74) is 0. The number of nitrogens with one attached hydrogen (secondary N) is 2. The van der Waals surface area contributed by atoms with Crippen LogP contribution in [0, 0.1) is 0 Å². The minimum atomic E-state index is -1.05. The topological polar surface area (TPSA) is 78.4 Å². The third-order valence-corrected chi connectivity index (χ3v) is 2.87. The van der Waals surface area contributed by atoms with Gasteiger partial charge in [-0.25, -0.2) is 9.59 Å². The second-order valence-corrected chi connectivity index (χ2v) is 4.78. The van der Waals surface area contributed by atoms with Gasteiger partial charge in [0.15, 0.2) is 0 Å². The van der Waals surface area contributed by atoms with Crippen LogP contribution < -0.4 is 10.6 Å². The van der Waals surface area contributed by atoms with Crippen molar-refractivity contribution in [2.75, 3.05) is 0 Å². The molecule has 0 rings (SSSR count). The van der Waals surface area contributed by atoms with Crippen LogP contribution in [-0.4, -0.2) is 29.2 Å². The number of carboxylic acid groups (broad SMARTS) is 1. The summed E-state index contributed by atoms with van der Waals surface area (Å²) in [6.45, 7) is 7.55. The molecule has 0 saturated heterocycles. The lowest BCUT2D eigenvalue weighted by Crippen LogP contribution is -2.48. The Labute approximate surface area is 115 Å². The van der Waals surface area contributed by atoms with Crippen LogP contribution in [0.4, 0.5) is 4.79 Å². The maximum Gasteiger partial charge on any atom is 0.326 e. The number of carbonyl (C=O) groups is 2. The van der Waals surface area contributed by atoms with Gasteiger partial charge in [-0.1, -0.05) is 38.7 Å². The van der Waals surface area contributed by atoms with Gasteiger partial charge < -0.3 is 15.7 Å². The number of hydrogen-bond acceptors (Lipinski definition) is 2. The van der Waals surface area contributed by atoms with Crippen molar-refractivity contribution >= 4 is 12.0 Å². The van der Waals surface area contributed by atoms with E-state index in [1.807, 2.05) is 6.92 Å². The fourth-order valence-corrected chi connectivity index (χ4v) is 1.76. The Morgan fingerprint density at radius 2 is 1.95 bits per heavy atom. The number of hydrogen-bond donors (Lipinski definition) is 3. The van der Waals surface area contributed by atoms with E-state index in [9.17, 15) is 9.59 Å². The Hall–Kier alpha value is -1.52. The quantitative estimate of drug-likeness (QED) is 0.422. The van der Waals surface area contributed by atoms with E-state index in [1.165, 1.54) is 25.3 Å². The second-order valence-electron chi connectivity index (χ2n) is 4.78. The molecule has 0 aromatic heterocycles. The first-order chi connectivity index (χ1) is 9.01. The van der Waals surface area contributed by atoms with Crippen molar-refractivity contribution in [1.82, 2.24) is 10.6 Å². The van der Waals surface area contributed by atoms with Crippen LogP contribution in [0.3, 0.4) is 0 Å². The van der Waals surface area contributed by atoms with Crippen molar-refractivity contribution in [3.8, 4) is 0 Å². The first-order valence-corrected chi connectivity index (χ1v) is 6.92. The molecule has 5 nitrogen and oxygen atoms in total. The lowest BCUT2D eigenvalue weighted by atomic mass is 10.1. The Morgan fingerprint density at radius 1 is 1.26 bits per heavy atom. The van der Waals surface area contributed by atoms with Crippen molar-refractivity contribution in [1.29, 1.82) is 0 Å². The number of aliphatic carboxylic acids is 1. The van der Waals surface area contributed by atoms with Crippen molar-refractivity contribution in [2.24, 2.45) is 0 Å². The third-order valence-electron chi connectivity index (χ3n) is 2.87. The van der Waals surface area contributed by atoms with Crippen LogP contribution in [0.5, 0.6) is 0 Å². The van der Waals surface area contributed by atoms with E-state index in [2.05, 4.69) is 24.1 Å². The van der Waals surface area contributed by atoms with E-state index in [0.717, 1.165) is 12.8 Å². The number of rotatable bonds is 10. The van der Waals surface area contributed by atoms with Gasteiger partial charge in [0.2, 0.25) is 0 Å². The minimum absolute atomic E-state index is 0.0510. The van der Waals surface area contributed by atoms with Crippen molar-refractivity contribution in [2.45, 2.75) is 64.5 Å². The Balaban J connectivity index is 3.93. The standard InChI is InChI=1S/C14H26N2O3/c1-4-6-7-8-10-11(3)15-14(19)16-12(9-5-2)13(17)18/h5,11-12H,2,4,6-10H2,1,3H3,(H,17,18)(H2,15,16,19). The zero-order valence-corrected chi connectivity index (χ0v) is 11.9. The van der Waals surface area contributed by atoms with Gasteiger partial charge >= 0.3 is 12.0 Å². The fraction of sp³-hybridized carbons (Fsp3) is 0.714. The molecule has 0 aliphatic carbocycles. The highest BCUT2D eigenvalue weighted by molar-refractivity contribution is 5.82. The Bertz CT molecular complexity index is 292. The second kappa shape index (κ2) is 10.4. The Morgan fingerprint density at radius 3 is 2.47 bits per heavy atom. The van der Waals surface area contributed by atoms with Gasteiger partial charge in [0, 0.05) is 6.04 Å². The molecule has 0 aromatic carbocycles. The summed E-state index contributed by atoms with van der Waals surface area (Å²) in [5.74, 6) is -1.05. The molecule has 110 valence electrons. The summed E-state index contributed by atoms with van der Waals surface area (Å²) in [4.78, 5) is 22.5. The van der Waals surface area contributed by atoms with Gasteiger partial charge in [-0.3, -0.25) is 0 Å². The van der Waals surface area contributed by atoms with Gasteiger partial charge in [-0.2, -0.15) is 0 Å². The highest BCUT2D eigenvalue weighted by Crippen LogP contribution is 2.05. The maximum absolute atomic E-state index is 11.6. The van der Waals surface area contributed by atoms with Crippen LogP contribution in [0.2, 0.25) is 0 Å². The van der Waals surface area contributed by atoms with Crippen LogP contribution >= 0.6 is 0 Å². The number of urea groups is 1. The molecule has 0 bridgehead atoms. The molecular formula is C14H26N2O3. The van der Waals surface area contributed by atoms with Gasteiger partial charge in [-0.05, 0) is 19.8 Å². The van der Waals surface area contributed by atoms with E-state index in [0.29, 0.717) is 0 Å². The predicted molar refractivity (Wildman–Crippen MR) is 76.1 cm³/mol. The minimum Gasteiger partial charge on any atom is -0.480 e. The van der Waals surface area contributed by atoms with Crippen molar-refractivity contribution in [3.63, 3.8) is 0 Å². The Kier molecular flexibility index (Phi) is 9.57. The van der Waals surface area contributed by atoms with Gasteiger partial charge in [-0.15, -0.1) is 6.58 Å². The van der Waals surface area contributed by atoms with Gasteiger partial charge in [0.05, 0.1) is 0 Å². The summed E-state index contributed by atoms with van der Waals surface area (Å²) in [5, 5.41) is 14.1. The van der Waals surface area contributed by atoms with E-state index >= 15 is 0 Å². The van der Waals surface area contributed by atoms with Crippen LogP contribution in [0.1, 0.15) is 52.4 Å². The first-order valence-electron chi connectivity index (χ1n) is 6.92. The maximum atomic E-state index is 11.6. The summed E-state index contributed by atoms with van der Waals surface area (Å²) < 4.78 is 0. The summed E-state index contributed by atoms with van der Waals surface area (Å²) in [6.07, 6.45) is 7.24. The zero-order valence-electron chi connectivity index (χ0n) is 11.9. The fourth-order valence-electron chi connectivity index (χ4n) is 1.76. The average molecular weight is 270 g/mol. The summed E-state index contributed by atoms with van der Waals surface area (Å²) in [6, 6.07) is -1.29. The summed E-state index contributed by atoms with van der Waals surface area (Å²) >= 11 is 0. The average Bonchev–Trinajstić information content (AvgIpc) is 2.34. The van der Waals surface area contributed by atoms with Gasteiger partial charge in [0.1, 0.15) is 6.04 Å². The molecule has 0 fully saturated rings. The van der Waals surface area contributed by atoms with Crippen molar-refractivity contribution in [3.05, 3.63) is 12.7 Å². The molecule has 0 spiro atoms. The monoisotopic (exact) mass is 270 g/mol. The number of unbranched alkanes of at least 4 members (excludes halogenated alkanes) is 3. The highest BCUT2D eigenvalue weighted by Gasteiger charge is 2.18. The molecule has 2 amide bonds. The molecule has 2 unspecified atom stereocenters. The van der Waals surface area contributed by atoms with E-state index < -0.39 is 18.0 Å². The largest absolute Gasteiger partial charge is 0.480 e. The molecule has 0 aromatic rings. The summed E-state index contributed by atoms with van der Waals surface area (Å²) in [7, 11) is 0. The third kappa shape index (κ3) is 9.11. The normalized spacial score (nSPS) is 13.4. The molecule has 2 atom stereocenters. The molecule has 19 heavy (non-hydrogen) atoms. The first kappa shape index (κ1) is 17.5. The number of carboxylic acids is 1. The van der Waals surface area contributed by atoms with E-state index in [1.54, 1.807) is 0 Å². The molecule has 0 aliphatic rings. The highest BCUT2D eigenvalue weighted by atomic mass is 16.4. The van der Waals surface area contributed by atoms with Crippen molar-refractivity contribution < 1.29 is 14.7 Å². The molecule has 0 saturated carbocycles. The molecule has 3 N–H and O–H groups in total. The van der Waals surface area contributed by atoms with E-state index in [-0.39, 0.29) is 12.5 Å². The number of amides is 2. The molecule has 0 heterocycles. The molecule has 5 heteroatoms. The van der Waals surface area contributed by atoms with Crippen LogP contribution in [0.25, 0.3) is 0 Å². The SMILES string of the molecule is C=CCC(NC(=O)NC(C)CCCCCC)C(=O)O. The van der Waals surface area contributed by atoms with Crippen LogP contribution in [0.15, 0.2) is 12.7 Å². The predicted octanol–water partition coefficient (Wildman–Crippen LogP) is 2.67. The lowest BCUT2D eigenvalue weighted by molar-refractivity contribution is -0.139. The zero-order chi connectivity index (χ0) is 14.7. The number of carbonyl (C=O) groups excluding carboxylic acids is 1. The molecule has 0 aliphatic heterocycles. The van der Waals surface area contributed by atoms with Crippen LogP contribution in [-0.2, 0) is 4.79 Å². The smallest absolute Gasteiger partial charge is 0.326 e.